The predicted octanol–water partition coefficient (Wildman–Crippen LogP) is -0.202. The van der Waals surface area contributed by atoms with Gasteiger partial charge >= 0.3 is 0 Å². The topological polar surface area (TPSA) is 56.7 Å². The minimum Gasteiger partial charge on any atom is -0.328 e. The number of nitrogens with two attached hydrogens (primary N) is 1. The van der Waals surface area contributed by atoms with Crippen molar-refractivity contribution in [3.63, 3.8) is 0 Å². The van der Waals surface area contributed by atoms with E-state index in [9.17, 15) is 0 Å². The molecule has 0 fully saturated rings. The first-order valence-electron chi connectivity index (χ1n) is 2.88. The fourth-order valence-corrected chi connectivity index (χ4v) is 0.558. The van der Waals surface area contributed by atoms with Gasteiger partial charge in [0.05, 0.1) is 0 Å². The van der Waals surface area contributed by atoms with Crippen LogP contribution >= 0.6 is 0 Å². The van der Waals surface area contributed by atoms with Crippen LogP contribution in [-0.4, -0.2) is 21.3 Å². The highest BCUT2D eigenvalue weighted by atomic mass is 15.2. The van der Waals surface area contributed by atoms with Crippen LogP contribution in [0.3, 0.4) is 0 Å². The molecule has 1 atom stereocenters. The Morgan fingerprint density at radius 3 is 2.56 bits per heavy atom. The summed E-state index contributed by atoms with van der Waals surface area (Å²) in [5, 5.41) is 7.30. The van der Waals surface area contributed by atoms with Crippen molar-refractivity contribution in [2.24, 2.45) is 5.73 Å². The van der Waals surface area contributed by atoms with Crippen LogP contribution in [0, 0.1) is 0 Å². The molecule has 4 nitrogen and oxygen atoms in total. The van der Waals surface area contributed by atoms with Crippen LogP contribution in [0.1, 0.15) is 13.0 Å². The molecule has 1 rings (SSSR count). The summed E-state index contributed by atoms with van der Waals surface area (Å²) in [4.78, 5) is 0. The molecule has 50 valence electrons. The minimum atomic E-state index is 0.306. The lowest BCUT2D eigenvalue weighted by Crippen LogP contribution is -2.14. The monoisotopic (exact) mass is 126 g/mol. The van der Waals surface area contributed by atoms with Gasteiger partial charge in [-0.15, -0.1) is 10.2 Å². The van der Waals surface area contributed by atoms with E-state index in [-0.39, 0.29) is 0 Å². The Bertz CT molecular complexity index is 157. The van der Waals surface area contributed by atoms with Crippen LogP contribution in [0.4, 0.5) is 0 Å². The molecule has 4 heteroatoms. The second-order valence-corrected chi connectivity index (χ2v) is 1.99. The minimum absolute atomic E-state index is 0.306. The van der Waals surface area contributed by atoms with Crippen LogP contribution in [0.2, 0.25) is 0 Å². The van der Waals surface area contributed by atoms with Gasteiger partial charge in [0.25, 0.3) is 0 Å². The van der Waals surface area contributed by atoms with Crippen LogP contribution in [0.5, 0.6) is 0 Å². The van der Waals surface area contributed by atoms with E-state index in [0.717, 1.165) is 0 Å². The molecular formula is C5H10N4. The zero-order valence-corrected chi connectivity index (χ0v) is 5.36. The van der Waals surface area contributed by atoms with Crippen LogP contribution < -0.4 is 5.73 Å². The van der Waals surface area contributed by atoms with Crippen molar-refractivity contribution in [1.29, 1.82) is 0 Å². The van der Waals surface area contributed by atoms with Crippen molar-refractivity contribution < 1.29 is 0 Å². The molecule has 1 aromatic rings. The molecule has 0 radical (unpaired) electrons. The van der Waals surface area contributed by atoms with E-state index < -0.39 is 0 Å². The van der Waals surface area contributed by atoms with Crippen LogP contribution in [0.15, 0.2) is 12.7 Å². The average Bonchev–Trinajstić information content (AvgIpc) is 2.37. The summed E-state index contributed by atoms with van der Waals surface area (Å²) < 4.78 is 1.88. The Labute approximate surface area is 53.7 Å². The maximum atomic E-state index is 5.39. The molecule has 0 aliphatic carbocycles. The number of aromatic nitrogens is 3. The number of rotatable bonds is 2. The lowest BCUT2D eigenvalue weighted by molar-refractivity contribution is 0.556. The fourth-order valence-electron chi connectivity index (χ4n) is 0.558. The smallest absolute Gasteiger partial charge is 0.119 e. The lowest BCUT2D eigenvalue weighted by Gasteiger charge is -2.06. The molecule has 1 unspecified atom stereocenters. The maximum Gasteiger partial charge on any atom is 0.119 e. The van der Waals surface area contributed by atoms with Gasteiger partial charge in [0.2, 0.25) is 0 Å². The van der Waals surface area contributed by atoms with Gasteiger partial charge < -0.3 is 10.3 Å². The van der Waals surface area contributed by atoms with E-state index >= 15 is 0 Å². The third kappa shape index (κ3) is 1.26. The standard InChI is InChI=1S/C5H10N4/c1-5(2-6)9-3-7-8-4-9/h3-5H,2,6H2,1H3. The Morgan fingerprint density at radius 2 is 2.11 bits per heavy atom. The number of hydrogen-bond acceptors (Lipinski definition) is 3. The molecule has 0 bridgehead atoms. The molecule has 1 aromatic heterocycles. The SMILES string of the molecule is CC(CN)n1cnnc1. The Kier molecular flexibility index (Phi) is 1.79. The zero-order chi connectivity index (χ0) is 6.69. The largest absolute Gasteiger partial charge is 0.328 e. The molecule has 0 aliphatic heterocycles. The van der Waals surface area contributed by atoms with Crippen molar-refractivity contribution in [3.8, 4) is 0 Å². The van der Waals surface area contributed by atoms with Gasteiger partial charge in [-0.05, 0) is 6.92 Å². The highest BCUT2D eigenvalue weighted by Crippen LogP contribution is 1.97. The van der Waals surface area contributed by atoms with Gasteiger partial charge in [-0.1, -0.05) is 0 Å². The van der Waals surface area contributed by atoms with E-state index in [0.29, 0.717) is 12.6 Å². The van der Waals surface area contributed by atoms with Crippen molar-refractivity contribution >= 4 is 0 Å². The molecule has 1 heterocycles. The van der Waals surface area contributed by atoms with Crippen LogP contribution in [-0.2, 0) is 0 Å². The lowest BCUT2D eigenvalue weighted by atomic mass is 10.3. The van der Waals surface area contributed by atoms with E-state index in [1.54, 1.807) is 12.7 Å². The van der Waals surface area contributed by atoms with Crippen molar-refractivity contribution in [3.05, 3.63) is 12.7 Å². The molecule has 0 aromatic carbocycles. The predicted molar refractivity (Wildman–Crippen MR) is 33.8 cm³/mol. The Morgan fingerprint density at radius 1 is 1.56 bits per heavy atom. The summed E-state index contributed by atoms with van der Waals surface area (Å²) in [6, 6.07) is 0.306. The van der Waals surface area contributed by atoms with Gasteiger partial charge in [-0.3, -0.25) is 0 Å². The molecule has 2 N–H and O–H groups in total. The molecule has 9 heavy (non-hydrogen) atoms. The van der Waals surface area contributed by atoms with Gasteiger partial charge in [0, 0.05) is 12.6 Å². The van der Waals surface area contributed by atoms with Gasteiger partial charge in [0.1, 0.15) is 12.7 Å². The van der Waals surface area contributed by atoms with Crippen LogP contribution in [0.25, 0.3) is 0 Å². The normalized spacial score (nSPS) is 13.6. The van der Waals surface area contributed by atoms with Gasteiger partial charge in [-0.25, -0.2) is 0 Å². The molecule has 0 aliphatic rings. The molecule has 0 saturated heterocycles. The summed E-state index contributed by atoms with van der Waals surface area (Å²) in [5.41, 5.74) is 5.39. The fraction of sp³-hybridized carbons (Fsp3) is 0.600. The first-order chi connectivity index (χ1) is 4.34. The average molecular weight is 126 g/mol. The zero-order valence-electron chi connectivity index (χ0n) is 5.36. The highest BCUT2D eigenvalue weighted by Gasteiger charge is 1.98. The molecular weight excluding hydrogens is 116 g/mol. The van der Waals surface area contributed by atoms with Gasteiger partial charge in [0.15, 0.2) is 0 Å². The molecule has 0 saturated carbocycles. The second kappa shape index (κ2) is 2.59. The Hall–Kier alpha value is -0.900. The number of nitrogens with zero attached hydrogens (tertiary/aromatic N) is 3. The summed E-state index contributed by atoms with van der Waals surface area (Å²) in [6.07, 6.45) is 3.33. The summed E-state index contributed by atoms with van der Waals surface area (Å²) in [6.45, 7) is 2.64. The highest BCUT2D eigenvalue weighted by molar-refractivity contribution is 4.68. The van der Waals surface area contributed by atoms with Crippen molar-refractivity contribution in [2.45, 2.75) is 13.0 Å². The van der Waals surface area contributed by atoms with E-state index in [2.05, 4.69) is 10.2 Å². The first kappa shape index (κ1) is 6.22. The second-order valence-electron chi connectivity index (χ2n) is 1.99. The third-order valence-electron chi connectivity index (χ3n) is 1.29. The summed E-state index contributed by atoms with van der Waals surface area (Å²) >= 11 is 0. The quantitative estimate of drug-likeness (QED) is 0.597. The summed E-state index contributed by atoms with van der Waals surface area (Å²) in [5.74, 6) is 0. The summed E-state index contributed by atoms with van der Waals surface area (Å²) in [7, 11) is 0. The third-order valence-corrected chi connectivity index (χ3v) is 1.29. The number of hydrogen-bond donors (Lipinski definition) is 1. The molecule has 0 amide bonds. The molecule has 0 spiro atoms. The van der Waals surface area contributed by atoms with Gasteiger partial charge in [-0.2, -0.15) is 0 Å². The van der Waals surface area contributed by atoms with E-state index in [1.165, 1.54) is 0 Å². The van der Waals surface area contributed by atoms with E-state index in [1.807, 2.05) is 11.5 Å². The van der Waals surface area contributed by atoms with Crippen molar-refractivity contribution in [1.82, 2.24) is 14.8 Å². The first-order valence-corrected chi connectivity index (χ1v) is 2.88. The maximum absolute atomic E-state index is 5.39. The Balaban J connectivity index is 2.65. The van der Waals surface area contributed by atoms with E-state index in [4.69, 9.17) is 5.73 Å². The van der Waals surface area contributed by atoms with Crippen molar-refractivity contribution in [2.75, 3.05) is 6.54 Å².